The van der Waals surface area contributed by atoms with E-state index in [1.54, 1.807) is 0 Å². The molecule has 1 fully saturated rings. The largest absolute Gasteiger partial charge is 0.399 e. The number of rotatable bonds is 2. The number of nitrogen functional groups attached to an aromatic ring is 1. The summed E-state index contributed by atoms with van der Waals surface area (Å²) >= 11 is 0. The Morgan fingerprint density at radius 2 is 1.53 bits per heavy atom. The molecule has 1 saturated heterocycles. The van der Waals surface area contributed by atoms with Crippen LogP contribution in [-0.2, 0) is 6.54 Å². The Labute approximate surface area is 105 Å². The smallest absolute Gasteiger partial charge is 0.0314 e. The predicted octanol–water partition coefficient (Wildman–Crippen LogP) is 2.04. The zero-order chi connectivity index (χ0) is 12.7. The van der Waals surface area contributed by atoms with E-state index in [9.17, 15) is 0 Å². The Kier molecular flexibility index (Phi) is 6.01. The minimum Gasteiger partial charge on any atom is -0.399 e. The Hall–Kier alpha value is -1.06. The second kappa shape index (κ2) is 7.30. The summed E-state index contributed by atoms with van der Waals surface area (Å²) in [7, 11) is 2.18. The fraction of sp³-hybridized carbons (Fsp3) is 0.571. The molecule has 2 N–H and O–H groups in total. The molecule has 1 aromatic rings. The summed E-state index contributed by atoms with van der Waals surface area (Å²) in [5, 5.41) is 0. The fourth-order valence-corrected chi connectivity index (χ4v) is 1.89. The monoisotopic (exact) mass is 235 g/mol. The topological polar surface area (TPSA) is 32.5 Å². The molecule has 0 bridgehead atoms. The molecule has 1 aromatic carbocycles. The van der Waals surface area contributed by atoms with Crippen LogP contribution in [-0.4, -0.2) is 43.0 Å². The van der Waals surface area contributed by atoms with Crippen molar-refractivity contribution in [3.63, 3.8) is 0 Å². The molecule has 0 atom stereocenters. The molecule has 2 rings (SSSR count). The zero-order valence-corrected chi connectivity index (χ0v) is 11.3. The highest BCUT2D eigenvalue weighted by Crippen LogP contribution is 2.10. The lowest BCUT2D eigenvalue weighted by atomic mass is 10.2. The highest BCUT2D eigenvalue weighted by molar-refractivity contribution is 5.39. The van der Waals surface area contributed by atoms with Crippen molar-refractivity contribution < 1.29 is 0 Å². The molecule has 0 radical (unpaired) electrons. The normalized spacial score (nSPS) is 17.4. The molecule has 0 saturated carbocycles. The first-order valence-corrected chi connectivity index (χ1v) is 6.49. The molecule has 96 valence electrons. The lowest BCUT2D eigenvalue weighted by molar-refractivity contribution is 0.148. The van der Waals surface area contributed by atoms with Crippen LogP contribution in [0.4, 0.5) is 5.69 Å². The van der Waals surface area contributed by atoms with E-state index in [4.69, 9.17) is 5.73 Å². The number of piperazine rings is 1. The van der Waals surface area contributed by atoms with E-state index in [0.717, 1.165) is 12.2 Å². The van der Waals surface area contributed by atoms with Gasteiger partial charge in [-0.05, 0) is 24.7 Å². The van der Waals surface area contributed by atoms with Crippen LogP contribution in [0.3, 0.4) is 0 Å². The van der Waals surface area contributed by atoms with Crippen molar-refractivity contribution >= 4 is 5.69 Å². The molecule has 0 aromatic heterocycles. The summed E-state index contributed by atoms with van der Waals surface area (Å²) in [5.74, 6) is 0. The Morgan fingerprint density at radius 1 is 1.00 bits per heavy atom. The molecule has 1 heterocycles. The van der Waals surface area contributed by atoms with Crippen LogP contribution in [0.1, 0.15) is 19.4 Å². The van der Waals surface area contributed by atoms with E-state index in [2.05, 4.69) is 29.0 Å². The number of likely N-dealkylation sites (N-methyl/N-ethyl adjacent to an activating group) is 1. The van der Waals surface area contributed by atoms with Gasteiger partial charge in [-0.2, -0.15) is 0 Å². The molecule has 0 aliphatic carbocycles. The zero-order valence-electron chi connectivity index (χ0n) is 11.3. The summed E-state index contributed by atoms with van der Waals surface area (Å²) < 4.78 is 0. The van der Waals surface area contributed by atoms with Gasteiger partial charge in [-0.1, -0.05) is 26.0 Å². The lowest BCUT2D eigenvalue weighted by Crippen LogP contribution is -2.43. The van der Waals surface area contributed by atoms with Crippen LogP contribution >= 0.6 is 0 Å². The van der Waals surface area contributed by atoms with Crippen LogP contribution in [0.5, 0.6) is 0 Å². The van der Waals surface area contributed by atoms with Crippen molar-refractivity contribution in [1.82, 2.24) is 9.80 Å². The average Bonchev–Trinajstić information content (AvgIpc) is 2.37. The van der Waals surface area contributed by atoms with Gasteiger partial charge in [0.15, 0.2) is 0 Å². The van der Waals surface area contributed by atoms with E-state index in [-0.39, 0.29) is 0 Å². The molecular weight excluding hydrogens is 210 g/mol. The number of benzene rings is 1. The predicted molar refractivity (Wildman–Crippen MR) is 75.0 cm³/mol. The third kappa shape index (κ3) is 4.75. The standard InChI is InChI=1S/C12H19N3.C2H6/c1-14-6-8-15(9-7-14)10-11-2-4-12(13)5-3-11;1-2/h2-5H,6-10,13H2,1H3;1-2H3. The maximum atomic E-state index is 5.66. The van der Waals surface area contributed by atoms with Gasteiger partial charge in [-0.25, -0.2) is 0 Å². The van der Waals surface area contributed by atoms with Crippen LogP contribution < -0.4 is 5.73 Å². The third-order valence-electron chi connectivity index (χ3n) is 2.98. The number of nitrogens with zero attached hydrogens (tertiary/aromatic N) is 2. The second-order valence-corrected chi connectivity index (χ2v) is 4.32. The molecule has 0 amide bonds. The number of nitrogens with two attached hydrogens (primary N) is 1. The maximum Gasteiger partial charge on any atom is 0.0314 e. The van der Waals surface area contributed by atoms with E-state index in [0.29, 0.717) is 0 Å². The molecule has 17 heavy (non-hydrogen) atoms. The second-order valence-electron chi connectivity index (χ2n) is 4.32. The van der Waals surface area contributed by atoms with Gasteiger partial charge >= 0.3 is 0 Å². The minimum absolute atomic E-state index is 0.845. The van der Waals surface area contributed by atoms with Crippen molar-refractivity contribution in [3.05, 3.63) is 29.8 Å². The SMILES string of the molecule is CC.CN1CCN(Cc2ccc(N)cc2)CC1. The van der Waals surface area contributed by atoms with Crippen molar-refractivity contribution in [2.45, 2.75) is 20.4 Å². The van der Waals surface area contributed by atoms with Gasteiger partial charge in [0, 0.05) is 38.4 Å². The first-order chi connectivity index (χ1) is 8.24. The first kappa shape index (κ1) is 14.0. The fourth-order valence-electron chi connectivity index (χ4n) is 1.89. The highest BCUT2D eigenvalue weighted by Gasteiger charge is 2.13. The summed E-state index contributed by atoms with van der Waals surface area (Å²) in [5.41, 5.74) is 7.86. The lowest BCUT2D eigenvalue weighted by Gasteiger charge is -2.32. The van der Waals surface area contributed by atoms with E-state index < -0.39 is 0 Å². The van der Waals surface area contributed by atoms with Gasteiger partial charge in [0.2, 0.25) is 0 Å². The molecule has 3 heteroatoms. The highest BCUT2D eigenvalue weighted by atomic mass is 15.2. The van der Waals surface area contributed by atoms with Crippen LogP contribution in [0.25, 0.3) is 0 Å². The molecular formula is C14H25N3. The summed E-state index contributed by atoms with van der Waals surface area (Å²) in [4.78, 5) is 4.87. The number of hydrogen-bond donors (Lipinski definition) is 1. The quantitative estimate of drug-likeness (QED) is 0.796. The van der Waals surface area contributed by atoms with Gasteiger partial charge in [-0.15, -0.1) is 0 Å². The third-order valence-corrected chi connectivity index (χ3v) is 2.98. The van der Waals surface area contributed by atoms with Crippen molar-refractivity contribution in [2.24, 2.45) is 0 Å². The Morgan fingerprint density at radius 3 is 2.06 bits per heavy atom. The van der Waals surface area contributed by atoms with Gasteiger partial charge < -0.3 is 10.6 Å². The maximum absolute atomic E-state index is 5.66. The summed E-state index contributed by atoms with van der Waals surface area (Å²) in [6.07, 6.45) is 0. The van der Waals surface area contributed by atoms with Crippen LogP contribution in [0.15, 0.2) is 24.3 Å². The van der Waals surface area contributed by atoms with Gasteiger partial charge in [-0.3, -0.25) is 4.90 Å². The van der Waals surface area contributed by atoms with Crippen molar-refractivity contribution in [2.75, 3.05) is 39.0 Å². The summed E-state index contributed by atoms with van der Waals surface area (Å²) in [6, 6.07) is 8.19. The molecule has 0 spiro atoms. The molecule has 1 aliphatic rings. The molecule has 3 nitrogen and oxygen atoms in total. The number of anilines is 1. The van der Waals surface area contributed by atoms with Gasteiger partial charge in [0.1, 0.15) is 0 Å². The van der Waals surface area contributed by atoms with Gasteiger partial charge in [0.25, 0.3) is 0 Å². The average molecular weight is 235 g/mol. The number of hydrogen-bond acceptors (Lipinski definition) is 3. The van der Waals surface area contributed by atoms with Crippen molar-refractivity contribution in [3.8, 4) is 0 Å². The summed E-state index contributed by atoms with van der Waals surface area (Å²) in [6.45, 7) is 9.74. The Balaban J connectivity index is 0.000000686. The Bertz CT molecular complexity index is 300. The van der Waals surface area contributed by atoms with E-state index >= 15 is 0 Å². The minimum atomic E-state index is 0.845. The molecule has 1 aliphatic heterocycles. The van der Waals surface area contributed by atoms with Gasteiger partial charge in [0.05, 0.1) is 0 Å². The molecule has 0 unspecified atom stereocenters. The van der Waals surface area contributed by atoms with Crippen molar-refractivity contribution in [1.29, 1.82) is 0 Å². The van der Waals surface area contributed by atoms with Crippen LogP contribution in [0.2, 0.25) is 0 Å². The van der Waals surface area contributed by atoms with E-state index in [1.807, 2.05) is 26.0 Å². The van der Waals surface area contributed by atoms with Crippen LogP contribution in [0, 0.1) is 0 Å². The first-order valence-electron chi connectivity index (χ1n) is 6.49. The van der Waals surface area contributed by atoms with E-state index in [1.165, 1.54) is 31.7 Å².